The molecule has 0 aromatic heterocycles. The number of carbonyl (C=O) groups excluding carboxylic acids is 2. The van der Waals surface area contributed by atoms with Crippen molar-refractivity contribution in [1.82, 2.24) is 4.90 Å². The normalized spacial score (nSPS) is 10.5. The number of carbonyl (C=O) groups is 2. The van der Waals surface area contributed by atoms with E-state index in [1.54, 1.807) is 30.1 Å². The number of ketones is 1. The Labute approximate surface area is 176 Å². The standard InChI is InChI=1S/C25H25NO4/c1-18(27)21-14-15-22(23(16-21)29-3)30-17-24(28)26(2)25(19-10-6-4-7-11-19)20-12-8-5-9-13-20/h4-16,25H,17H2,1-3H3. The number of methoxy groups -OCH3 is 1. The fraction of sp³-hybridized carbons (Fsp3) is 0.200. The zero-order valence-corrected chi connectivity index (χ0v) is 17.4. The highest BCUT2D eigenvalue weighted by Crippen LogP contribution is 2.30. The Morgan fingerprint density at radius 1 is 0.867 bits per heavy atom. The summed E-state index contributed by atoms with van der Waals surface area (Å²) in [5.41, 5.74) is 2.56. The van der Waals surface area contributed by atoms with E-state index in [1.807, 2.05) is 60.7 Å². The van der Waals surface area contributed by atoms with E-state index in [4.69, 9.17) is 9.47 Å². The zero-order valence-electron chi connectivity index (χ0n) is 17.4. The Hall–Kier alpha value is -3.60. The number of amides is 1. The van der Waals surface area contributed by atoms with Crippen molar-refractivity contribution in [3.05, 3.63) is 95.6 Å². The number of hydrogen-bond acceptors (Lipinski definition) is 4. The third-order valence-corrected chi connectivity index (χ3v) is 4.93. The van der Waals surface area contributed by atoms with Crippen molar-refractivity contribution in [2.75, 3.05) is 20.8 Å². The van der Waals surface area contributed by atoms with E-state index < -0.39 is 0 Å². The summed E-state index contributed by atoms with van der Waals surface area (Å²) in [6.45, 7) is 1.34. The molecule has 0 heterocycles. The van der Waals surface area contributed by atoms with Crippen molar-refractivity contribution in [2.45, 2.75) is 13.0 Å². The van der Waals surface area contributed by atoms with Gasteiger partial charge in [-0.05, 0) is 36.2 Å². The van der Waals surface area contributed by atoms with Gasteiger partial charge in [0.1, 0.15) is 0 Å². The lowest BCUT2D eigenvalue weighted by molar-refractivity contribution is -0.133. The molecule has 0 spiro atoms. The largest absolute Gasteiger partial charge is 0.493 e. The first kappa shape index (κ1) is 21.1. The van der Waals surface area contributed by atoms with Crippen molar-refractivity contribution < 1.29 is 19.1 Å². The molecule has 0 aliphatic heterocycles. The lowest BCUT2D eigenvalue weighted by atomic mass is 9.97. The molecule has 0 bridgehead atoms. The predicted octanol–water partition coefficient (Wildman–Crippen LogP) is 4.52. The van der Waals surface area contributed by atoms with Crippen LogP contribution in [0.25, 0.3) is 0 Å². The van der Waals surface area contributed by atoms with Gasteiger partial charge in [-0.1, -0.05) is 60.7 Å². The SMILES string of the molecule is COc1cc(C(C)=O)ccc1OCC(=O)N(C)C(c1ccccc1)c1ccccc1. The Bertz CT molecular complexity index is 963. The Kier molecular flexibility index (Phi) is 6.86. The maximum Gasteiger partial charge on any atom is 0.261 e. The number of nitrogens with zero attached hydrogens (tertiary/aromatic N) is 1. The van der Waals surface area contributed by atoms with Crippen LogP contribution in [0, 0.1) is 0 Å². The minimum atomic E-state index is -0.231. The van der Waals surface area contributed by atoms with Gasteiger partial charge in [0.2, 0.25) is 0 Å². The summed E-state index contributed by atoms with van der Waals surface area (Å²) in [6, 6.07) is 24.5. The monoisotopic (exact) mass is 403 g/mol. The van der Waals surface area contributed by atoms with Crippen LogP contribution in [-0.2, 0) is 4.79 Å². The fourth-order valence-corrected chi connectivity index (χ4v) is 3.30. The van der Waals surface area contributed by atoms with Crippen LogP contribution < -0.4 is 9.47 Å². The maximum atomic E-state index is 13.0. The van der Waals surface area contributed by atoms with Gasteiger partial charge in [0, 0.05) is 12.6 Å². The highest BCUT2D eigenvalue weighted by atomic mass is 16.5. The van der Waals surface area contributed by atoms with Crippen molar-refractivity contribution >= 4 is 11.7 Å². The second-order valence-electron chi connectivity index (χ2n) is 6.94. The van der Waals surface area contributed by atoms with Crippen LogP contribution in [0.2, 0.25) is 0 Å². The molecule has 3 aromatic carbocycles. The molecule has 0 aliphatic rings. The highest BCUT2D eigenvalue weighted by molar-refractivity contribution is 5.94. The van der Waals surface area contributed by atoms with Gasteiger partial charge in [-0.3, -0.25) is 9.59 Å². The number of rotatable bonds is 8. The Morgan fingerprint density at radius 2 is 1.43 bits per heavy atom. The first-order valence-corrected chi connectivity index (χ1v) is 9.68. The van der Waals surface area contributed by atoms with Gasteiger partial charge in [-0.15, -0.1) is 0 Å². The topological polar surface area (TPSA) is 55.8 Å². The molecule has 3 rings (SSSR count). The Balaban J connectivity index is 1.79. The average molecular weight is 403 g/mol. The van der Waals surface area contributed by atoms with Gasteiger partial charge in [0.25, 0.3) is 5.91 Å². The van der Waals surface area contributed by atoms with E-state index in [1.165, 1.54) is 14.0 Å². The number of ether oxygens (including phenoxy) is 2. The molecule has 0 saturated carbocycles. The summed E-state index contributed by atoms with van der Waals surface area (Å²) in [7, 11) is 3.27. The summed E-state index contributed by atoms with van der Waals surface area (Å²) < 4.78 is 11.1. The van der Waals surface area contributed by atoms with E-state index in [9.17, 15) is 9.59 Å². The van der Waals surface area contributed by atoms with Gasteiger partial charge < -0.3 is 14.4 Å². The van der Waals surface area contributed by atoms with Crippen LogP contribution in [0.3, 0.4) is 0 Å². The minimum absolute atomic E-state index is 0.0655. The van der Waals surface area contributed by atoms with Crippen LogP contribution in [-0.4, -0.2) is 37.4 Å². The highest BCUT2D eigenvalue weighted by Gasteiger charge is 2.24. The zero-order chi connectivity index (χ0) is 21.5. The molecule has 1 amide bonds. The van der Waals surface area contributed by atoms with Gasteiger partial charge in [0.05, 0.1) is 13.2 Å². The van der Waals surface area contributed by atoms with E-state index in [-0.39, 0.29) is 24.3 Å². The van der Waals surface area contributed by atoms with Gasteiger partial charge in [0.15, 0.2) is 23.9 Å². The maximum absolute atomic E-state index is 13.0. The van der Waals surface area contributed by atoms with Gasteiger partial charge >= 0.3 is 0 Å². The first-order chi connectivity index (χ1) is 14.5. The smallest absolute Gasteiger partial charge is 0.261 e. The molecule has 0 saturated heterocycles. The molecule has 154 valence electrons. The molecule has 0 N–H and O–H groups in total. The average Bonchev–Trinajstić information content (AvgIpc) is 2.78. The van der Waals surface area contributed by atoms with Crippen molar-refractivity contribution in [3.63, 3.8) is 0 Å². The van der Waals surface area contributed by atoms with Gasteiger partial charge in [-0.2, -0.15) is 0 Å². The molecule has 0 aliphatic carbocycles. The van der Waals surface area contributed by atoms with E-state index >= 15 is 0 Å². The van der Waals surface area contributed by atoms with Crippen LogP contribution in [0.15, 0.2) is 78.9 Å². The molecule has 3 aromatic rings. The van der Waals surface area contributed by atoms with Crippen molar-refractivity contribution in [3.8, 4) is 11.5 Å². The third-order valence-electron chi connectivity index (χ3n) is 4.93. The molecule has 0 atom stereocenters. The lowest BCUT2D eigenvalue weighted by Gasteiger charge is -2.29. The van der Waals surface area contributed by atoms with Gasteiger partial charge in [-0.25, -0.2) is 0 Å². The van der Waals surface area contributed by atoms with Crippen LogP contribution in [0.5, 0.6) is 11.5 Å². The fourth-order valence-electron chi connectivity index (χ4n) is 3.30. The Morgan fingerprint density at radius 3 is 1.93 bits per heavy atom. The summed E-state index contributed by atoms with van der Waals surface area (Å²) in [4.78, 5) is 26.2. The second-order valence-corrected chi connectivity index (χ2v) is 6.94. The summed E-state index contributed by atoms with van der Waals surface area (Å²) in [6.07, 6.45) is 0. The number of benzene rings is 3. The summed E-state index contributed by atoms with van der Waals surface area (Å²) in [5, 5.41) is 0. The molecule has 0 fully saturated rings. The minimum Gasteiger partial charge on any atom is -0.493 e. The van der Waals surface area contributed by atoms with E-state index in [0.717, 1.165) is 11.1 Å². The lowest BCUT2D eigenvalue weighted by Crippen LogP contribution is -2.35. The summed E-state index contributed by atoms with van der Waals surface area (Å²) in [5.74, 6) is 0.593. The van der Waals surface area contributed by atoms with Crippen molar-refractivity contribution in [1.29, 1.82) is 0 Å². The molecular weight excluding hydrogens is 378 g/mol. The molecule has 5 nitrogen and oxygen atoms in total. The number of hydrogen-bond donors (Lipinski definition) is 0. The van der Waals surface area contributed by atoms with Crippen molar-refractivity contribution in [2.24, 2.45) is 0 Å². The molecule has 0 radical (unpaired) electrons. The van der Waals surface area contributed by atoms with Crippen LogP contribution in [0.1, 0.15) is 34.5 Å². The molecule has 0 unspecified atom stereocenters. The van der Waals surface area contributed by atoms with Crippen LogP contribution in [0.4, 0.5) is 0 Å². The second kappa shape index (κ2) is 9.74. The molecule has 30 heavy (non-hydrogen) atoms. The number of Topliss-reactive ketones (excluding diaryl/α,β-unsaturated/α-hetero) is 1. The van der Waals surface area contributed by atoms with E-state index in [2.05, 4.69) is 0 Å². The predicted molar refractivity (Wildman–Crippen MR) is 116 cm³/mol. The third kappa shape index (κ3) is 4.87. The number of likely N-dealkylation sites (N-methyl/N-ethyl adjacent to an activating group) is 1. The van der Waals surface area contributed by atoms with E-state index in [0.29, 0.717) is 17.1 Å². The first-order valence-electron chi connectivity index (χ1n) is 9.68. The quantitative estimate of drug-likeness (QED) is 0.519. The van der Waals surface area contributed by atoms with Crippen LogP contribution >= 0.6 is 0 Å². The summed E-state index contributed by atoms with van der Waals surface area (Å²) >= 11 is 0. The molecule has 5 heteroatoms. The molecular formula is C25H25NO4.